The summed E-state index contributed by atoms with van der Waals surface area (Å²) in [6.45, 7) is 2.76. The number of aliphatic hydroxyl groups is 1. The fraction of sp³-hybridized carbons (Fsp3) is 0.647. The third-order valence-electron chi connectivity index (χ3n) is 4.92. The largest absolute Gasteiger partial charge is 0.388 e. The molecule has 0 aliphatic carbocycles. The van der Waals surface area contributed by atoms with Gasteiger partial charge in [0.15, 0.2) is 0 Å². The normalized spacial score (nSPS) is 26.7. The maximum absolute atomic E-state index is 10.8. The molecule has 116 valence electrons. The Bertz CT molecular complexity index is 494. The van der Waals surface area contributed by atoms with Crippen molar-refractivity contribution in [3.63, 3.8) is 0 Å². The highest BCUT2D eigenvalue weighted by Gasteiger charge is 2.41. The van der Waals surface area contributed by atoms with Gasteiger partial charge in [-0.2, -0.15) is 11.8 Å². The number of benzene rings is 1. The van der Waals surface area contributed by atoms with Gasteiger partial charge >= 0.3 is 0 Å². The molecule has 1 aromatic carbocycles. The van der Waals surface area contributed by atoms with Crippen LogP contribution in [-0.4, -0.2) is 28.8 Å². The first-order valence-corrected chi connectivity index (χ1v) is 9.29. The van der Waals surface area contributed by atoms with Crippen LogP contribution in [0.25, 0.3) is 0 Å². The van der Waals surface area contributed by atoms with Crippen molar-refractivity contribution in [2.75, 3.05) is 18.1 Å². The van der Waals surface area contributed by atoms with Crippen LogP contribution >= 0.6 is 23.4 Å². The maximum Gasteiger partial charge on any atom is 0.0820 e. The van der Waals surface area contributed by atoms with Crippen molar-refractivity contribution in [1.29, 1.82) is 0 Å². The highest BCUT2D eigenvalue weighted by Crippen LogP contribution is 2.43. The van der Waals surface area contributed by atoms with E-state index in [9.17, 15) is 5.11 Å². The summed E-state index contributed by atoms with van der Waals surface area (Å²) in [6, 6.07) is 5.92. The van der Waals surface area contributed by atoms with Gasteiger partial charge in [-0.25, -0.2) is 0 Å². The van der Waals surface area contributed by atoms with Crippen molar-refractivity contribution >= 4 is 23.4 Å². The molecule has 2 nitrogen and oxygen atoms in total. The first-order chi connectivity index (χ1) is 10.1. The van der Waals surface area contributed by atoms with Crippen molar-refractivity contribution < 1.29 is 9.84 Å². The molecule has 0 aromatic heterocycles. The second-order valence-corrected chi connectivity index (χ2v) is 7.98. The first-order valence-electron chi connectivity index (χ1n) is 7.75. The minimum atomic E-state index is -0.432. The van der Waals surface area contributed by atoms with E-state index in [1.807, 2.05) is 36.9 Å². The van der Waals surface area contributed by atoms with Crippen molar-refractivity contribution in [1.82, 2.24) is 0 Å². The lowest BCUT2D eigenvalue weighted by Crippen LogP contribution is -2.44. The Morgan fingerprint density at radius 1 is 1.38 bits per heavy atom. The second kappa shape index (κ2) is 6.49. The number of aliphatic hydroxyl groups excluding tert-OH is 1. The quantitative estimate of drug-likeness (QED) is 0.874. The molecule has 2 atom stereocenters. The van der Waals surface area contributed by atoms with Gasteiger partial charge in [-0.3, -0.25) is 0 Å². The molecule has 2 saturated heterocycles. The van der Waals surface area contributed by atoms with Crippen molar-refractivity contribution in [3.05, 3.63) is 34.3 Å². The Hall–Kier alpha value is -0.220. The fourth-order valence-electron chi connectivity index (χ4n) is 3.49. The van der Waals surface area contributed by atoms with Crippen LogP contribution in [0.5, 0.6) is 0 Å². The highest BCUT2D eigenvalue weighted by atomic mass is 35.5. The van der Waals surface area contributed by atoms with Gasteiger partial charge in [0.2, 0.25) is 0 Å². The zero-order chi connectivity index (χ0) is 14.9. The summed E-state index contributed by atoms with van der Waals surface area (Å²) in [4.78, 5) is 0. The molecule has 0 bridgehead atoms. The Kier molecular flexibility index (Phi) is 4.84. The molecule has 3 rings (SSSR count). The topological polar surface area (TPSA) is 29.5 Å². The summed E-state index contributed by atoms with van der Waals surface area (Å²) >= 11 is 8.21. The van der Waals surface area contributed by atoms with Crippen LogP contribution in [0.2, 0.25) is 5.02 Å². The average Bonchev–Trinajstić information content (AvgIpc) is 2.50. The molecule has 2 aliphatic rings. The number of hydrogen-bond acceptors (Lipinski definition) is 3. The third kappa shape index (κ3) is 3.42. The van der Waals surface area contributed by atoms with Gasteiger partial charge in [-0.15, -0.1) is 0 Å². The minimum absolute atomic E-state index is 0.0175. The summed E-state index contributed by atoms with van der Waals surface area (Å²) in [5.41, 5.74) is 2.02. The van der Waals surface area contributed by atoms with E-state index in [0.717, 1.165) is 48.4 Å². The van der Waals surface area contributed by atoms with Crippen LogP contribution in [0, 0.1) is 12.8 Å². The molecule has 1 spiro atoms. The lowest BCUT2D eigenvalue weighted by molar-refractivity contribution is -0.121. The SMILES string of the molecule is Cc1ccc(C(O)C2CCOC3(CCSCC3)C2)cc1Cl. The molecule has 0 radical (unpaired) electrons. The molecule has 0 amide bonds. The monoisotopic (exact) mass is 326 g/mol. The van der Waals surface area contributed by atoms with E-state index in [0.29, 0.717) is 0 Å². The van der Waals surface area contributed by atoms with Gasteiger partial charge < -0.3 is 9.84 Å². The van der Waals surface area contributed by atoms with Crippen LogP contribution < -0.4 is 0 Å². The lowest BCUT2D eigenvalue weighted by atomic mass is 9.78. The van der Waals surface area contributed by atoms with Crippen LogP contribution in [0.3, 0.4) is 0 Å². The molecular weight excluding hydrogens is 304 g/mol. The Balaban J connectivity index is 1.74. The second-order valence-electron chi connectivity index (χ2n) is 6.35. The minimum Gasteiger partial charge on any atom is -0.388 e. The first kappa shape index (κ1) is 15.7. The molecule has 1 N–H and O–H groups in total. The summed E-state index contributed by atoms with van der Waals surface area (Å²) in [6.07, 6.45) is 3.71. The average molecular weight is 327 g/mol. The Labute approximate surface area is 136 Å². The third-order valence-corrected chi connectivity index (χ3v) is 6.31. The standard InChI is InChI=1S/C17H23ClO2S/c1-12-2-3-13(10-15(12)18)16(19)14-4-7-20-17(11-14)5-8-21-9-6-17/h2-3,10,14,16,19H,4-9,11H2,1H3. The molecule has 21 heavy (non-hydrogen) atoms. The number of hydrogen-bond donors (Lipinski definition) is 1. The number of aryl methyl sites for hydroxylation is 1. The van der Waals surface area contributed by atoms with Crippen LogP contribution in [0.4, 0.5) is 0 Å². The molecule has 1 aromatic rings. The Morgan fingerprint density at radius 3 is 2.86 bits per heavy atom. The molecular formula is C17H23ClO2S. The number of rotatable bonds is 2. The van der Waals surface area contributed by atoms with E-state index in [4.69, 9.17) is 16.3 Å². The summed E-state index contributed by atoms with van der Waals surface area (Å²) in [7, 11) is 0. The maximum atomic E-state index is 10.8. The lowest BCUT2D eigenvalue weighted by Gasteiger charge is -2.44. The van der Waals surface area contributed by atoms with E-state index in [2.05, 4.69) is 0 Å². The molecule has 0 saturated carbocycles. The van der Waals surface area contributed by atoms with Crippen LogP contribution in [0.1, 0.15) is 42.9 Å². The fourth-order valence-corrected chi connectivity index (χ4v) is 4.92. The zero-order valence-corrected chi connectivity index (χ0v) is 14.1. The predicted molar refractivity (Wildman–Crippen MR) is 89.1 cm³/mol. The van der Waals surface area contributed by atoms with Gasteiger partial charge in [0.05, 0.1) is 11.7 Å². The zero-order valence-electron chi connectivity index (χ0n) is 12.5. The number of ether oxygens (including phenoxy) is 1. The highest BCUT2D eigenvalue weighted by molar-refractivity contribution is 7.99. The van der Waals surface area contributed by atoms with E-state index in [1.165, 1.54) is 11.5 Å². The smallest absolute Gasteiger partial charge is 0.0820 e. The number of halogens is 1. The van der Waals surface area contributed by atoms with Gasteiger partial charge in [0.1, 0.15) is 0 Å². The molecule has 2 fully saturated rings. The van der Waals surface area contributed by atoms with Crippen LogP contribution in [-0.2, 0) is 4.74 Å². The molecule has 2 aliphatic heterocycles. The van der Waals surface area contributed by atoms with E-state index < -0.39 is 6.10 Å². The van der Waals surface area contributed by atoms with Crippen molar-refractivity contribution in [2.45, 2.75) is 44.3 Å². The van der Waals surface area contributed by atoms with E-state index in [-0.39, 0.29) is 11.5 Å². The van der Waals surface area contributed by atoms with Crippen LogP contribution in [0.15, 0.2) is 18.2 Å². The summed E-state index contributed by atoms with van der Waals surface area (Å²) in [5.74, 6) is 2.64. The van der Waals surface area contributed by atoms with E-state index in [1.54, 1.807) is 0 Å². The summed E-state index contributed by atoms with van der Waals surface area (Å²) < 4.78 is 6.12. The number of thioether (sulfide) groups is 1. The van der Waals surface area contributed by atoms with E-state index >= 15 is 0 Å². The van der Waals surface area contributed by atoms with Gasteiger partial charge in [0.25, 0.3) is 0 Å². The van der Waals surface area contributed by atoms with Crippen molar-refractivity contribution in [3.8, 4) is 0 Å². The van der Waals surface area contributed by atoms with Gasteiger partial charge in [-0.05, 0) is 67.2 Å². The molecule has 4 heteroatoms. The van der Waals surface area contributed by atoms with Gasteiger partial charge in [0, 0.05) is 11.6 Å². The Morgan fingerprint density at radius 2 is 2.14 bits per heavy atom. The summed E-state index contributed by atoms with van der Waals surface area (Å²) in [5, 5.41) is 11.5. The molecule has 2 heterocycles. The molecule has 2 unspecified atom stereocenters. The van der Waals surface area contributed by atoms with Crippen molar-refractivity contribution in [2.24, 2.45) is 5.92 Å². The predicted octanol–water partition coefficient (Wildman–Crippen LogP) is 4.37. The van der Waals surface area contributed by atoms with Gasteiger partial charge in [-0.1, -0.05) is 23.7 Å².